The molecule has 0 radical (unpaired) electrons. The molecule has 2 amide bonds. The summed E-state index contributed by atoms with van der Waals surface area (Å²) in [5.74, 6) is -0.814. The second-order valence-corrected chi connectivity index (χ2v) is 11.3. The minimum atomic E-state index is -4.58. The molecule has 1 saturated carbocycles. The number of hydrogen-bond acceptors (Lipinski definition) is 6. The molecular weight excluding hydrogens is 571 g/mol. The largest absolute Gasteiger partial charge is 0.416 e. The van der Waals surface area contributed by atoms with Crippen molar-refractivity contribution < 1.29 is 25.5 Å². The highest BCUT2D eigenvalue weighted by molar-refractivity contribution is 6.05. The van der Waals surface area contributed by atoms with E-state index in [0.29, 0.717) is 53.5 Å². The molecule has 2 bridgehead atoms. The second-order valence-electron chi connectivity index (χ2n) is 11.3. The third kappa shape index (κ3) is 6.11. The summed E-state index contributed by atoms with van der Waals surface area (Å²) in [7, 11) is 0. The number of pyridine rings is 2. The monoisotopic (exact) mass is 607 g/mol. The average Bonchev–Trinajstić information content (AvgIpc) is 3.45. The fourth-order valence-electron chi connectivity index (χ4n) is 6.03. The highest BCUT2D eigenvalue weighted by Gasteiger charge is 2.32. The van der Waals surface area contributed by atoms with Crippen LogP contribution in [0.1, 0.15) is 81.6 Å². The average molecular weight is 608 g/mol. The molecule has 1 aromatic carbocycles. The number of alkyl halides is 3. The van der Waals surface area contributed by atoms with Gasteiger partial charge in [0.25, 0.3) is 5.91 Å². The van der Waals surface area contributed by atoms with E-state index in [1.807, 2.05) is 4.68 Å². The van der Waals surface area contributed by atoms with Gasteiger partial charge in [0, 0.05) is 38.7 Å². The normalized spacial score (nSPS) is 23.7. The molecule has 12 heteroatoms. The molecule has 1 aliphatic heterocycles. The van der Waals surface area contributed by atoms with Crippen LogP contribution >= 0.6 is 0 Å². The number of nitrogens with one attached hydrogen (secondary N) is 2. The van der Waals surface area contributed by atoms with E-state index in [2.05, 4.69) is 20.6 Å². The van der Waals surface area contributed by atoms with Gasteiger partial charge in [0.05, 0.1) is 22.5 Å². The number of benzene rings is 1. The first-order valence-electron chi connectivity index (χ1n) is 15.9. The summed E-state index contributed by atoms with van der Waals surface area (Å²) >= 11 is 0. The molecule has 2 aliphatic rings. The molecule has 4 heterocycles. The quantitative estimate of drug-likeness (QED) is 0.250. The van der Waals surface area contributed by atoms with Gasteiger partial charge in [-0.15, -0.1) is 0 Å². The first-order chi connectivity index (χ1) is 22.0. The van der Waals surface area contributed by atoms with E-state index in [1.165, 1.54) is 12.1 Å². The van der Waals surface area contributed by atoms with Gasteiger partial charge in [0.1, 0.15) is 17.3 Å². The Hall–Kier alpha value is -4.48. The van der Waals surface area contributed by atoms with Crippen molar-refractivity contribution in [3.05, 3.63) is 65.5 Å². The van der Waals surface area contributed by atoms with Crippen LogP contribution < -0.4 is 16.4 Å². The summed E-state index contributed by atoms with van der Waals surface area (Å²) in [6.45, 7) is 0.546. The van der Waals surface area contributed by atoms with Crippen LogP contribution in [0.3, 0.4) is 0 Å². The van der Waals surface area contributed by atoms with Crippen LogP contribution in [0.25, 0.3) is 22.2 Å². The lowest BCUT2D eigenvalue weighted by Gasteiger charge is -2.29. The highest BCUT2D eigenvalue weighted by atomic mass is 19.4. The molecule has 0 saturated heterocycles. The van der Waals surface area contributed by atoms with Gasteiger partial charge in [0.2, 0.25) is 5.91 Å². The number of fused-ring (bicyclic) bond motifs is 3. The predicted octanol–water partition coefficient (Wildman–Crippen LogP) is 6.31. The molecule has 6 rings (SSSR count). The zero-order valence-corrected chi connectivity index (χ0v) is 23.9. The maximum atomic E-state index is 13.1. The Kier molecular flexibility index (Phi) is 7.55. The van der Waals surface area contributed by atoms with Crippen LogP contribution in [-0.4, -0.2) is 38.1 Å². The van der Waals surface area contributed by atoms with E-state index >= 15 is 0 Å². The number of nitrogens with zero attached hydrogens (tertiary/aromatic N) is 4. The third-order valence-electron chi connectivity index (χ3n) is 8.29. The molecular formula is C32H34F3N7O2. The minimum Gasteiger partial charge on any atom is -0.383 e. The highest BCUT2D eigenvalue weighted by Crippen LogP contribution is 2.40. The SMILES string of the molecule is [2H]C1CCCCNC(=O)[C@@H]2CCC[C@H](C2)n2nc(-c3ccc(C(=O)Nc4cc(C(F)(F)F)ccn4)cc3)c3c(N)ncc(c32)C1[2H]. The minimum absolute atomic E-state index is 0.0230. The van der Waals surface area contributed by atoms with Crippen LogP contribution in [-0.2, 0) is 17.4 Å². The van der Waals surface area contributed by atoms with Crippen molar-refractivity contribution in [1.82, 2.24) is 25.1 Å². The van der Waals surface area contributed by atoms with Gasteiger partial charge in [-0.2, -0.15) is 18.3 Å². The third-order valence-corrected chi connectivity index (χ3v) is 8.29. The summed E-state index contributed by atoms with van der Waals surface area (Å²) in [5, 5.41) is 11.0. The smallest absolute Gasteiger partial charge is 0.383 e. The summed E-state index contributed by atoms with van der Waals surface area (Å²) in [5.41, 5.74) is 8.00. The van der Waals surface area contributed by atoms with Crippen molar-refractivity contribution >= 4 is 34.4 Å². The van der Waals surface area contributed by atoms with E-state index in [0.717, 1.165) is 44.0 Å². The number of rotatable bonds is 3. The second kappa shape index (κ2) is 12.3. The van der Waals surface area contributed by atoms with Gasteiger partial charge < -0.3 is 16.4 Å². The van der Waals surface area contributed by atoms with Gasteiger partial charge in [-0.25, -0.2) is 9.97 Å². The number of carbonyl (C=O) groups is 2. The Bertz CT molecular complexity index is 1760. The Morgan fingerprint density at radius 2 is 1.91 bits per heavy atom. The predicted molar refractivity (Wildman–Crippen MR) is 161 cm³/mol. The molecule has 44 heavy (non-hydrogen) atoms. The maximum absolute atomic E-state index is 13.1. The number of nitrogen functional groups attached to an aromatic ring is 1. The lowest BCUT2D eigenvalue weighted by Crippen LogP contribution is -2.35. The molecule has 0 spiro atoms. The van der Waals surface area contributed by atoms with Gasteiger partial charge in [-0.3, -0.25) is 14.3 Å². The molecule has 2 unspecified atom stereocenters. The lowest BCUT2D eigenvalue weighted by molar-refractivity contribution is -0.137. The Labute approximate surface area is 255 Å². The fraction of sp³-hybridized carbons (Fsp3) is 0.406. The van der Waals surface area contributed by atoms with Gasteiger partial charge in [-0.1, -0.05) is 31.4 Å². The Morgan fingerprint density at radius 1 is 1.09 bits per heavy atom. The summed E-state index contributed by atoms with van der Waals surface area (Å²) in [4.78, 5) is 34.2. The molecule has 4 N–H and O–H groups in total. The number of halogens is 3. The van der Waals surface area contributed by atoms with Gasteiger partial charge in [-0.05, 0) is 68.3 Å². The topological polar surface area (TPSA) is 128 Å². The van der Waals surface area contributed by atoms with E-state index in [4.69, 9.17) is 13.6 Å². The number of aromatic nitrogens is 4. The maximum Gasteiger partial charge on any atom is 0.416 e. The zero-order chi connectivity index (χ0) is 32.6. The number of amides is 2. The molecule has 1 aliphatic carbocycles. The summed E-state index contributed by atoms with van der Waals surface area (Å²) in [6, 6.07) is 7.83. The number of hydrogen-bond donors (Lipinski definition) is 3. The molecule has 9 nitrogen and oxygen atoms in total. The first-order valence-corrected chi connectivity index (χ1v) is 14.7. The van der Waals surface area contributed by atoms with Crippen LogP contribution in [0.2, 0.25) is 0 Å². The summed E-state index contributed by atoms with van der Waals surface area (Å²) < 4.78 is 59.0. The van der Waals surface area contributed by atoms with Crippen molar-refractivity contribution in [3.63, 3.8) is 0 Å². The zero-order valence-electron chi connectivity index (χ0n) is 25.9. The van der Waals surface area contributed by atoms with Crippen LogP contribution in [0.5, 0.6) is 0 Å². The van der Waals surface area contributed by atoms with Gasteiger partial charge >= 0.3 is 6.18 Å². The molecule has 1 fully saturated rings. The van der Waals surface area contributed by atoms with Crippen molar-refractivity contribution in [1.29, 1.82) is 0 Å². The Morgan fingerprint density at radius 3 is 2.70 bits per heavy atom. The van der Waals surface area contributed by atoms with Crippen molar-refractivity contribution in [3.8, 4) is 11.3 Å². The van der Waals surface area contributed by atoms with E-state index in [1.54, 1.807) is 18.3 Å². The van der Waals surface area contributed by atoms with E-state index in [-0.39, 0.29) is 35.1 Å². The molecule has 4 atom stereocenters. The van der Waals surface area contributed by atoms with Crippen molar-refractivity contribution in [2.45, 2.75) is 70.0 Å². The standard InChI is InChI=1S/C32H34F3N7O2/c33-32(34,35)23-13-15-37-25(17-23)40-31(44)20-11-9-19(10-12-20)27-26-28-22(18-39-29(26)36)6-3-1-2-4-14-38-30(43)21-7-5-8-24(16-21)42(28)41-27/h9-13,15,17-18,21,24H,1-8,14,16H2,(H2,36,39)(H,38,43)(H,37,40,44)/t21-,24-/m1/s1/i3D,6D/t3?,6?,21-,24-. The molecule has 230 valence electrons. The van der Waals surface area contributed by atoms with E-state index in [9.17, 15) is 22.8 Å². The number of anilines is 2. The first kappa shape index (κ1) is 27.1. The van der Waals surface area contributed by atoms with Gasteiger partial charge in [0.15, 0.2) is 0 Å². The van der Waals surface area contributed by atoms with E-state index < -0.39 is 30.4 Å². The lowest BCUT2D eigenvalue weighted by atomic mass is 9.85. The fourth-order valence-corrected chi connectivity index (χ4v) is 6.03. The van der Waals surface area contributed by atoms with Crippen molar-refractivity contribution in [2.24, 2.45) is 5.92 Å². The van der Waals surface area contributed by atoms with Crippen LogP contribution in [0.4, 0.5) is 24.8 Å². The molecule has 3 aromatic heterocycles. The summed E-state index contributed by atoms with van der Waals surface area (Å²) in [6.07, 6.45) is 1.23. The van der Waals surface area contributed by atoms with Crippen LogP contribution in [0.15, 0.2) is 48.8 Å². The van der Waals surface area contributed by atoms with Crippen LogP contribution in [0, 0.1) is 5.92 Å². The number of aryl methyl sites for hydroxylation is 1. The molecule has 4 aromatic rings. The van der Waals surface area contributed by atoms with Crippen molar-refractivity contribution in [2.75, 3.05) is 17.6 Å². The Balaban J connectivity index is 1.39. The number of nitrogens with two attached hydrogens (primary N) is 1. The number of carbonyl (C=O) groups excluding carboxylic acids is 2.